The molecule has 2 N–H and O–H groups in total. The third-order valence-electron chi connectivity index (χ3n) is 4.61. The van der Waals surface area contributed by atoms with Gasteiger partial charge in [0.05, 0.1) is 5.25 Å². The molecule has 0 saturated carbocycles. The molecule has 0 fully saturated rings. The van der Waals surface area contributed by atoms with Gasteiger partial charge in [-0.25, -0.2) is 18.5 Å². The lowest BCUT2D eigenvalue weighted by Crippen LogP contribution is -2.32. The molecule has 0 bridgehead atoms. The van der Waals surface area contributed by atoms with Gasteiger partial charge in [0.15, 0.2) is 0 Å². The van der Waals surface area contributed by atoms with Crippen molar-refractivity contribution in [1.29, 1.82) is 0 Å². The second kappa shape index (κ2) is 6.18. The summed E-state index contributed by atoms with van der Waals surface area (Å²) in [7, 11) is -3.50. The third kappa shape index (κ3) is 3.76. The zero-order chi connectivity index (χ0) is 17.4. The van der Waals surface area contributed by atoms with Crippen molar-refractivity contribution in [3.05, 3.63) is 53.7 Å². The molecular formula is C18H22N2O3S. The van der Waals surface area contributed by atoms with E-state index in [1.807, 2.05) is 30.3 Å². The van der Waals surface area contributed by atoms with Crippen LogP contribution in [0.4, 0.5) is 0 Å². The molecule has 2 aromatic rings. The quantitative estimate of drug-likeness (QED) is 0.902. The summed E-state index contributed by atoms with van der Waals surface area (Å²) in [5, 5.41) is 4.74. The minimum atomic E-state index is -3.50. The summed E-state index contributed by atoms with van der Waals surface area (Å²) < 4.78 is 28.9. The molecule has 0 saturated heterocycles. The van der Waals surface area contributed by atoms with E-state index in [2.05, 4.69) is 18.0 Å². The largest absolute Gasteiger partial charge is 0.439 e. The molecule has 2 atom stereocenters. The Morgan fingerprint density at radius 1 is 1.25 bits per heavy atom. The minimum absolute atomic E-state index is 0.0994. The van der Waals surface area contributed by atoms with E-state index >= 15 is 0 Å². The van der Waals surface area contributed by atoms with E-state index in [1.54, 1.807) is 13.1 Å². The summed E-state index contributed by atoms with van der Waals surface area (Å²) in [5.41, 5.74) is 2.35. The minimum Gasteiger partial charge on any atom is -0.439 e. The first-order valence-corrected chi connectivity index (χ1v) is 9.58. The number of hydrogen-bond acceptors (Lipinski definition) is 4. The number of benzene rings is 1. The first-order valence-electron chi connectivity index (χ1n) is 7.97. The van der Waals surface area contributed by atoms with Crippen LogP contribution >= 0.6 is 0 Å². The van der Waals surface area contributed by atoms with Crippen LogP contribution in [0.2, 0.25) is 0 Å². The van der Waals surface area contributed by atoms with E-state index in [0.29, 0.717) is 12.3 Å². The molecule has 0 amide bonds. The van der Waals surface area contributed by atoms with Crippen molar-refractivity contribution in [2.45, 2.75) is 38.4 Å². The maximum absolute atomic E-state index is 11.5. The van der Waals surface area contributed by atoms with E-state index in [-0.39, 0.29) is 5.41 Å². The Bertz CT molecular complexity index is 837. The fourth-order valence-electron chi connectivity index (χ4n) is 3.47. The lowest BCUT2D eigenvalue weighted by molar-refractivity contribution is 0.313. The zero-order valence-electron chi connectivity index (χ0n) is 13.9. The predicted octanol–water partition coefficient (Wildman–Crippen LogP) is 3.05. The number of sulfonamides is 1. The molecule has 0 aliphatic heterocycles. The monoisotopic (exact) mass is 346 g/mol. The van der Waals surface area contributed by atoms with E-state index < -0.39 is 15.3 Å². The Morgan fingerprint density at radius 2 is 2.00 bits per heavy atom. The van der Waals surface area contributed by atoms with Crippen LogP contribution in [0.1, 0.15) is 31.4 Å². The maximum atomic E-state index is 11.5. The SMILES string of the molecule is CC(CC1(C)Cc2ccc(Oc3ccccn3)cc2C1)S(N)(=O)=O. The van der Waals surface area contributed by atoms with Crippen molar-refractivity contribution >= 4 is 10.0 Å². The molecule has 1 aliphatic carbocycles. The van der Waals surface area contributed by atoms with Gasteiger partial charge in [0.2, 0.25) is 15.9 Å². The highest BCUT2D eigenvalue weighted by molar-refractivity contribution is 7.89. The highest BCUT2D eigenvalue weighted by Crippen LogP contribution is 2.42. The summed E-state index contributed by atoms with van der Waals surface area (Å²) in [6, 6.07) is 11.5. The lowest BCUT2D eigenvalue weighted by atomic mass is 9.82. The number of nitrogens with two attached hydrogens (primary N) is 1. The van der Waals surface area contributed by atoms with Gasteiger partial charge >= 0.3 is 0 Å². The molecule has 0 radical (unpaired) electrons. The smallest absolute Gasteiger partial charge is 0.219 e. The summed E-state index contributed by atoms with van der Waals surface area (Å²) in [4.78, 5) is 4.16. The average molecular weight is 346 g/mol. The Labute approximate surface area is 142 Å². The number of ether oxygens (including phenoxy) is 1. The molecule has 1 aromatic heterocycles. The summed E-state index contributed by atoms with van der Waals surface area (Å²) in [5.74, 6) is 1.30. The number of pyridine rings is 1. The molecule has 0 spiro atoms. The van der Waals surface area contributed by atoms with Crippen molar-refractivity contribution in [3.8, 4) is 11.6 Å². The number of rotatable bonds is 5. The second-order valence-corrected chi connectivity index (χ2v) is 8.95. The van der Waals surface area contributed by atoms with Crippen molar-refractivity contribution in [2.24, 2.45) is 10.6 Å². The molecule has 1 aromatic carbocycles. The fourth-order valence-corrected chi connectivity index (χ4v) is 4.10. The maximum Gasteiger partial charge on any atom is 0.219 e. The van der Waals surface area contributed by atoms with Gasteiger partial charge in [-0.05, 0) is 60.9 Å². The van der Waals surface area contributed by atoms with Gasteiger partial charge in [-0.2, -0.15) is 0 Å². The first-order chi connectivity index (χ1) is 11.3. The number of hydrogen-bond donors (Lipinski definition) is 1. The van der Waals surface area contributed by atoms with Crippen LogP contribution in [0.5, 0.6) is 11.6 Å². The van der Waals surface area contributed by atoms with Gasteiger partial charge in [-0.1, -0.05) is 19.1 Å². The molecule has 5 nitrogen and oxygen atoms in total. The van der Waals surface area contributed by atoms with Crippen molar-refractivity contribution in [3.63, 3.8) is 0 Å². The van der Waals surface area contributed by atoms with Crippen molar-refractivity contribution < 1.29 is 13.2 Å². The Hall–Kier alpha value is -1.92. The molecule has 6 heteroatoms. The van der Waals surface area contributed by atoms with E-state index in [9.17, 15) is 8.42 Å². The lowest BCUT2D eigenvalue weighted by Gasteiger charge is -2.26. The average Bonchev–Trinajstić information content (AvgIpc) is 2.82. The van der Waals surface area contributed by atoms with E-state index in [4.69, 9.17) is 9.88 Å². The van der Waals surface area contributed by atoms with Gasteiger partial charge in [0.25, 0.3) is 0 Å². The Balaban J connectivity index is 1.75. The molecule has 2 unspecified atom stereocenters. The Morgan fingerprint density at radius 3 is 2.67 bits per heavy atom. The van der Waals surface area contributed by atoms with Crippen LogP contribution in [0.15, 0.2) is 42.6 Å². The summed E-state index contributed by atoms with van der Waals surface area (Å²) in [6.07, 6.45) is 3.92. The van der Waals surface area contributed by atoms with Crippen LogP contribution in [0.3, 0.4) is 0 Å². The molecule has 128 valence electrons. The highest BCUT2D eigenvalue weighted by atomic mass is 32.2. The van der Waals surface area contributed by atoms with Crippen LogP contribution < -0.4 is 9.88 Å². The molecule has 1 heterocycles. The van der Waals surface area contributed by atoms with Crippen LogP contribution in [-0.2, 0) is 22.9 Å². The third-order valence-corrected chi connectivity index (χ3v) is 5.90. The topological polar surface area (TPSA) is 82.3 Å². The number of fused-ring (bicyclic) bond motifs is 1. The number of nitrogens with zero attached hydrogens (tertiary/aromatic N) is 1. The number of aromatic nitrogens is 1. The molecule has 24 heavy (non-hydrogen) atoms. The molecule has 1 aliphatic rings. The van der Waals surface area contributed by atoms with Gasteiger partial charge < -0.3 is 4.74 Å². The second-order valence-electron chi connectivity index (χ2n) is 6.97. The normalized spacial score (nSPS) is 21.3. The van der Waals surface area contributed by atoms with Crippen LogP contribution in [0.25, 0.3) is 0 Å². The van der Waals surface area contributed by atoms with Gasteiger partial charge in [0, 0.05) is 12.3 Å². The first kappa shape index (κ1) is 16.9. The number of primary sulfonamides is 1. The standard InChI is InChI=1S/C18H22N2O3S/c1-13(24(19,21)22)10-18(2)11-14-6-7-16(9-15(14)12-18)23-17-5-3-4-8-20-17/h3-9,13H,10-12H2,1-2H3,(H2,19,21,22). The van der Waals surface area contributed by atoms with Crippen molar-refractivity contribution in [1.82, 2.24) is 4.98 Å². The van der Waals surface area contributed by atoms with Gasteiger partial charge in [0.1, 0.15) is 5.75 Å². The highest BCUT2D eigenvalue weighted by Gasteiger charge is 2.36. The fraction of sp³-hybridized carbons (Fsp3) is 0.389. The van der Waals surface area contributed by atoms with E-state index in [0.717, 1.165) is 18.6 Å². The van der Waals surface area contributed by atoms with Crippen LogP contribution in [0, 0.1) is 5.41 Å². The van der Waals surface area contributed by atoms with E-state index in [1.165, 1.54) is 11.1 Å². The van der Waals surface area contributed by atoms with Gasteiger partial charge in [-0.3, -0.25) is 0 Å². The molecular weight excluding hydrogens is 324 g/mol. The zero-order valence-corrected chi connectivity index (χ0v) is 14.7. The van der Waals surface area contributed by atoms with Gasteiger partial charge in [-0.15, -0.1) is 0 Å². The Kier molecular flexibility index (Phi) is 4.36. The summed E-state index contributed by atoms with van der Waals surface area (Å²) >= 11 is 0. The molecule has 3 rings (SSSR count). The predicted molar refractivity (Wildman–Crippen MR) is 93.5 cm³/mol. The summed E-state index contributed by atoms with van der Waals surface area (Å²) in [6.45, 7) is 3.80. The van der Waals surface area contributed by atoms with Crippen LogP contribution in [-0.4, -0.2) is 18.7 Å². The van der Waals surface area contributed by atoms with Crippen molar-refractivity contribution in [2.75, 3.05) is 0 Å².